The van der Waals surface area contributed by atoms with Crippen LogP contribution in [0.25, 0.3) is 0 Å². The van der Waals surface area contributed by atoms with Crippen LogP contribution in [0.4, 0.5) is 4.79 Å². The summed E-state index contributed by atoms with van der Waals surface area (Å²) >= 11 is 0. The van der Waals surface area contributed by atoms with Gasteiger partial charge in [0.15, 0.2) is 0 Å². The lowest BCUT2D eigenvalue weighted by molar-refractivity contribution is -0.137. The number of amides is 1. The van der Waals surface area contributed by atoms with E-state index in [4.69, 9.17) is 4.74 Å². The Kier molecular flexibility index (Phi) is 7.73. The number of piperidine rings is 1. The molecule has 1 heterocycles. The highest BCUT2D eigenvalue weighted by Gasteiger charge is 2.30. The van der Waals surface area contributed by atoms with Crippen LogP contribution in [-0.4, -0.2) is 53.5 Å². The fraction of sp³-hybridized carbons (Fsp3) is 0.778. The molecule has 0 aliphatic carbocycles. The second-order valence-electron chi connectivity index (χ2n) is 7.29. The highest BCUT2D eigenvalue weighted by Crippen LogP contribution is 2.24. The van der Waals surface area contributed by atoms with E-state index in [0.717, 1.165) is 25.7 Å². The van der Waals surface area contributed by atoms with E-state index in [1.54, 1.807) is 4.90 Å². The van der Waals surface area contributed by atoms with Crippen molar-refractivity contribution in [1.82, 2.24) is 4.90 Å². The summed E-state index contributed by atoms with van der Waals surface area (Å²) in [5.74, 6) is -0.587. The number of ether oxygens (including phenoxy) is 2. The summed E-state index contributed by atoms with van der Waals surface area (Å²) < 4.78 is 10.0. The van der Waals surface area contributed by atoms with Gasteiger partial charge in [0.2, 0.25) is 0 Å². The maximum atomic E-state index is 12.3. The number of rotatable bonds is 6. The number of likely N-dealkylation sites (tertiary alicyclic amines) is 1. The van der Waals surface area contributed by atoms with Crippen LogP contribution < -0.4 is 0 Å². The number of hydrogen-bond donors (Lipinski definition) is 1. The first-order valence-corrected chi connectivity index (χ1v) is 8.60. The minimum Gasteiger partial charge on any atom is -0.466 e. The van der Waals surface area contributed by atoms with Crippen molar-refractivity contribution in [2.75, 3.05) is 13.7 Å². The molecule has 1 fully saturated rings. The Morgan fingerprint density at radius 2 is 2.00 bits per heavy atom. The molecular formula is C18H31NO5. The summed E-state index contributed by atoms with van der Waals surface area (Å²) in [6, 6.07) is 0.118. The average molecular weight is 341 g/mol. The maximum Gasteiger partial charge on any atom is 0.410 e. The lowest BCUT2D eigenvalue weighted by Crippen LogP contribution is -2.46. The molecule has 0 aromatic heterocycles. The molecule has 0 aromatic carbocycles. The van der Waals surface area contributed by atoms with Crippen LogP contribution in [0.2, 0.25) is 0 Å². The van der Waals surface area contributed by atoms with E-state index in [1.807, 2.05) is 20.8 Å². The van der Waals surface area contributed by atoms with Crippen molar-refractivity contribution in [1.29, 1.82) is 0 Å². The van der Waals surface area contributed by atoms with Gasteiger partial charge in [-0.1, -0.05) is 6.58 Å². The smallest absolute Gasteiger partial charge is 0.410 e. The zero-order valence-electron chi connectivity index (χ0n) is 15.3. The standard InChI is InChI=1S/C18H31NO5/c1-13(16(21)23-5)15(20)11-8-10-14-9-6-7-12-19(14)17(22)24-18(2,3)4/h14-15,20H,1,6-12H2,2-5H3. The minimum absolute atomic E-state index is 0.0742. The van der Waals surface area contributed by atoms with Gasteiger partial charge in [0.25, 0.3) is 0 Å². The van der Waals surface area contributed by atoms with Crippen molar-refractivity contribution in [2.45, 2.75) is 77.0 Å². The van der Waals surface area contributed by atoms with Gasteiger partial charge in [0.1, 0.15) is 5.60 Å². The van der Waals surface area contributed by atoms with Crippen molar-refractivity contribution in [3.8, 4) is 0 Å². The lowest BCUT2D eigenvalue weighted by atomic mass is 9.96. The zero-order valence-corrected chi connectivity index (χ0v) is 15.3. The molecular weight excluding hydrogens is 310 g/mol. The van der Waals surface area contributed by atoms with Crippen molar-refractivity contribution in [3.63, 3.8) is 0 Å². The zero-order chi connectivity index (χ0) is 18.3. The molecule has 24 heavy (non-hydrogen) atoms. The molecule has 6 heteroatoms. The summed E-state index contributed by atoms with van der Waals surface area (Å²) in [7, 11) is 1.26. The number of aliphatic hydroxyl groups is 1. The second-order valence-corrected chi connectivity index (χ2v) is 7.29. The predicted molar refractivity (Wildman–Crippen MR) is 91.6 cm³/mol. The van der Waals surface area contributed by atoms with Gasteiger partial charge in [0.05, 0.1) is 18.8 Å². The first kappa shape index (κ1) is 20.5. The first-order valence-electron chi connectivity index (χ1n) is 8.60. The van der Waals surface area contributed by atoms with Gasteiger partial charge in [-0.25, -0.2) is 9.59 Å². The fourth-order valence-corrected chi connectivity index (χ4v) is 2.85. The van der Waals surface area contributed by atoms with Gasteiger partial charge in [-0.3, -0.25) is 0 Å². The average Bonchev–Trinajstić information content (AvgIpc) is 2.52. The Morgan fingerprint density at radius 1 is 1.33 bits per heavy atom. The summed E-state index contributed by atoms with van der Waals surface area (Å²) in [6.07, 6.45) is 3.72. The number of nitrogens with zero attached hydrogens (tertiary/aromatic N) is 1. The minimum atomic E-state index is -0.906. The molecule has 0 aromatic rings. The molecule has 1 saturated heterocycles. The third-order valence-corrected chi connectivity index (χ3v) is 4.12. The van der Waals surface area contributed by atoms with Crippen LogP contribution in [0.5, 0.6) is 0 Å². The predicted octanol–water partition coefficient (Wildman–Crippen LogP) is 3.04. The quantitative estimate of drug-likeness (QED) is 0.593. The van der Waals surface area contributed by atoms with Crippen molar-refractivity contribution in [3.05, 3.63) is 12.2 Å². The Hall–Kier alpha value is -1.56. The summed E-state index contributed by atoms with van der Waals surface area (Å²) in [5, 5.41) is 9.97. The normalized spacial score (nSPS) is 19.5. The Morgan fingerprint density at radius 3 is 2.58 bits per heavy atom. The molecule has 1 aliphatic heterocycles. The summed E-state index contributed by atoms with van der Waals surface area (Å²) in [6.45, 7) is 9.85. The van der Waals surface area contributed by atoms with E-state index in [1.165, 1.54) is 7.11 Å². The molecule has 0 radical (unpaired) electrons. The number of carbonyl (C=O) groups excluding carboxylic acids is 2. The number of hydrogen-bond acceptors (Lipinski definition) is 5. The Labute approximate surface area is 144 Å². The van der Waals surface area contributed by atoms with Crippen LogP contribution in [0.3, 0.4) is 0 Å². The van der Waals surface area contributed by atoms with Gasteiger partial charge in [-0.2, -0.15) is 0 Å². The molecule has 1 N–H and O–H groups in total. The number of carbonyl (C=O) groups is 2. The molecule has 1 rings (SSSR count). The number of aliphatic hydroxyl groups excluding tert-OH is 1. The topological polar surface area (TPSA) is 76.1 Å². The van der Waals surface area contributed by atoms with E-state index in [-0.39, 0.29) is 17.7 Å². The monoisotopic (exact) mass is 341 g/mol. The SMILES string of the molecule is C=C(C(=O)OC)C(O)CCCC1CCCCN1C(=O)OC(C)(C)C. The molecule has 2 unspecified atom stereocenters. The largest absolute Gasteiger partial charge is 0.466 e. The maximum absolute atomic E-state index is 12.3. The molecule has 1 amide bonds. The molecule has 0 saturated carbocycles. The van der Waals surface area contributed by atoms with E-state index in [0.29, 0.717) is 19.4 Å². The highest BCUT2D eigenvalue weighted by atomic mass is 16.6. The van der Waals surface area contributed by atoms with Gasteiger partial charge in [0, 0.05) is 12.6 Å². The molecule has 6 nitrogen and oxygen atoms in total. The fourth-order valence-electron chi connectivity index (χ4n) is 2.85. The van der Waals surface area contributed by atoms with Crippen LogP contribution in [0, 0.1) is 0 Å². The van der Waals surface area contributed by atoms with Crippen LogP contribution in [0.1, 0.15) is 59.3 Å². The number of esters is 1. The Bertz CT molecular complexity index is 455. The van der Waals surface area contributed by atoms with Crippen molar-refractivity contribution < 1.29 is 24.2 Å². The molecule has 0 spiro atoms. The molecule has 2 atom stereocenters. The van der Waals surface area contributed by atoms with Crippen molar-refractivity contribution in [2.24, 2.45) is 0 Å². The highest BCUT2D eigenvalue weighted by molar-refractivity contribution is 5.88. The van der Waals surface area contributed by atoms with E-state index in [9.17, 15) is 14.7 Å². The van der Waals surface area contributed by atoms with Gasteiger partial charge >= 0.3 is 12.1 Å². The third-order valence-electron chi connectivity index (χ3n) is 4.12. The van der Waals surface area contributed by atoms with Crippen LogP contribution in [-0.2, 0) is 14.3 Å². The summed E-state index contributed by atoms with van der Waals surface area (Å²) in [4.78, 5) is 25.5. The van der Waals surface area contributed by atoms with Crippen LogP contribution in [0.15, 0.2) is 12.2 Å². The third kappa shape index (κ3) is 6.51. The second kappa shape index (κ2) is 9.06. The van der Waals surface area contributed by atoms with Crippen molar-refractivity contribution >= 4 is 12.1 Å². The Balaban J connectivity index is 2.50. The van der Waals surface area contributed by atoms with E-state index < -0.39 is 17.7 Å². The first-order chi connectivity index (χ1) is 11.2. The van der Waals surface area contributed by atoms with Gasteiger partial charge in [-0.15, -0.1) is 0 Å². The summed E-state index contributed by atoms with van der Waals surface area (Å²) in [5.41, 5.74) is -0.432. The molecule has 0 bridgehead atoms. The lowest BCUT2D eigenvalue weighted by Gasteiger charge is -2.37. The van der Waals surface area contributed by atoms with Gasteiger partial charge < -0.3 is 19.5 Å². The molecule has 1 aliphatic rings. The van der Waals surface area contributed by atoms with E-state index >= 15 is 0 Å². The number of methoxy groups -OCH3 is 1. The van der Waals surface area contributed by atoms with Gasteiger partial charge in [-0.05, 0) is 59.3 Å². The van der Waals surface area contributed by atoms with Crippen LogP contribution >= 0.6 is 0 Å². The molecule has 138 valence electrons. The van der Waals surface area contributed by atoms with E-state index in [2.05, 4.69) is 11.3 Å².